The van der Waals surface area contributed by atoms with Crippen LogP contribution < -0.4 is 5.73 Å². The Hall–Kier alpha value is -3.10. The first-order chi connectivity index (χ1) is 15.8. The minimum atomic E-state index is -0.967. The van der Waals surface area contributed by atoms with Crippen LogP contribution in [-0.4, -0.2) is 33.0 Å². The van der Waals surface area contributed by atoms with Gasteiger partial charge in [-0.3, -0.25) is 9.78 Å². The van der Waals surface area contributed by atoms with Crippen molar-refractivity contribution in [2.75, 3.05) is 0 Å². The van der Waals surface area contributed by atoms with Crippen LogP contribution in [0.15, 0.2) is 48.8 Å². The second-order valence-corrected chi connectivity index (χ2v) is 8.60. The van der Waals surface area contributed by atoms with E-state index in [1.165, 1.54) is 12.1 Å². The topological polar surface area (TPSA) is 89.1 Å². The number of benzene rings is 1. The normalized spacial score (nSPS) is 22.8. The van der Waals surface area contributed by atoms with Gasteiger partial charge in [-0.25, -0.2) is 18.2 Å². The number of carbonyl (C=O) groups is 1. The molecule has 1 aliphatic carbocycles. The lowest BCUT2D eigenvalue weighted by Crippen LogP contribution is -2.44. The third-order valence-electron chi connectivity index (χ3n) is 6.30. The molecule has 1 saturated carbocycles. The van der Waals surface area contributed by atoms with Crippen LogP contribution in [-0.2, 0) is 6.42 Å². The maximum atomic E-state index is 14.4. The summed E-state index contributed by atoms with van der Waals surface area (Å²) in [6.45, 7) is 1.94. The van der Waals surface area contributed by atoms with Gasteiger partial charge < -0.3 is 10.8 Å². The van der Waals surface area contributed by atoms with Crippen LogP contribution in [0.5, 0.6) is 0 Å². The summed E-state index contributed by atoms with van der Waals surface area (Å²) in [7, 11) is 0. The fourth-order valence-corrected chi connectivity index (χ4v) is 4.57. The molecule has 1 aliphatic rings. The van der Waals surface area contributed by atoms with Crippen LogP contribution in [0.2, 0.25) is 0 Å². The van der Waals surface area contributed by atoms with Crippen LogP contribution in [0.1, 0.15) is 47.3 Å². The maximum Gasteiger partial charge on any atom is 0.185 e. The van der Waals surface area contributed by atoms with E-state index in [0.29, 0.717) is 18.4 Å². The Morgan fingerprint density at radius 1 is 1.09 bits per heavy atom. The fraction of sp³-hybridized carbons (Fsp3) is 0.320. The number of carbonyl (C=O) groups excluding carboxylic acids is 1. The molecule has 3 aromatic rings. The number of nitrogens with two attached hydrogens (primary N) is 1. The molecule has 3 N–H and O–H groups in total. The first-order valence-electron chi connectivity index (χ1n) is 10.8. The number of nitrogens with zero attached hydrogens (tertiary/aromatic N) is 2. The zero-order chi connectivity index (χ0) is 23.7. The monoisotopic (exact) mass is 455 g/mol. The second kappa shape index (κ2) is 9.41. The van der Waals surface area contributed by atoms with Gasteiger partial charge in [-0.1, -0.05) is 13.0 Å². The molecule has 1 aromatic carbocycles. The van der Waals surface area contributed by atoms with E-state index in [0.717, 1.165) is 23.8 Å². The van der Waals surface area contributed by atoms with Gasteiger partial charge in [0.25, 0.3) is 0 Å². The number of Topliss-reactive ketones (excluding diaryl/α,β-unsaturated/α-hetero) is 1. The summed E-state index contributed by atoms with van der Waals surface area (Å²) < 4.78 is 42.7. The van der Waals surface area contributed by atoms with Gasteiger partial charge in [0.05, 0.1) is 11.7 Å². The summed E-state index contributed by atoms with van der Waals surface area (Å²) in [5, 5.41) is 10.2. The number of rotatable bonds is 5. The van der Waals surface area contributed by atoms with Crippen LogP contribution in [0.25, 0.3) is 11.3 Å². The molecule has 0 aliphatic heterocycles. The molecular formula is C25H24F3N3O2. The number of pyridine rings is 2. The third kappa shape index (κ3) is 4.67. The third-order valence-corrected chi connectivity index (χ3v) is 6.30. The standard InChI is InChI=1S/C25H24F3N3O2/c1-13-9-14(10-20(29)25(13)33)16-7-8-30-12-15(16)11-22(32)21-6-5-19(28)24(31-21)23-17(26)3-2-4-18(23)27/h2-8,12-14,20,25,33H,9-11,29H2,1H3/t13-,14+,20-,25+/m1/s1. The van der Waals surface area contributed by atoms with E-state index < -0.39 is 40.6 Å². The Balaban J connectivity index is 1.63. The van der Waals surface area contributed by atoms with Crippen molar-refractivity contribution in [3.05, 3.63) is 83.1 Å². The summed E-state index contributed by atoms with van der Waals surface area (Å²) in [6, 6.07) is 6.82. The van der Waals surface area contributed by atoms with E-state index in [1.807, 2.05) is 13.0 Å². The molecule has 4 rings (SSSR count). The average molecular weight is 455 g/mol. The predicted molar refractivity (Wildman–Crippen MR) is 117 cm³/mol. The zero-order valence-electron chi connectivity index (χ0n) is 18.0. The van der Waals surface area contributed by atoms with Gasteiger partial charge in [-0.05, 0) is 66.1 Å². The highest BCUT2D eigenvalue weighted by atomic mass is 19.1. The fourth-order valence-electron chi connectivity index (χ4n) is 4.57. The molecule has 0 unspecified atom stereocenters. The first-order valence-corrected chi connectivity index (χ1v) is 10.8. The number of aliphatic hydroxyl groups excluding tert-OH is 1. The highest BCUT2D eigenvalue weighted by Gasteiger charge is 2.34. The van der Waals surface area contributed by atoms with Crippen LogP contribution >= 0.6 is 0 Å². The maximum absolute atomic E-state index is 14.4. The largest absolute Gasteiger partial charge is 0.391 e. The number of aliphatic hydroxyl groups is 1. The molecule has 1 fully saturated rings. The number of aromatic nitrogens is 2. The lowest BCUT2D eigenvalue weighted by atomic mass is 9.74. The van der Waals surface area contributed by atoms with Crippen molar-refractivity contribution in [1.82, 2.24) is 9.97 Å². The summed E-state index contributed by atoms with van der Waals surface area (Å²) in [6.07, 6.45) is 3.88. The van der Waals surface area contributed by atoms with E-state index in [4.69, 9.17) is 5.73 Å². The minimum Gasteiger partial charge on any atom is -0.391 e. The molecule has 0 bridgehead atoms. The van der Waals surface area contributed by atoms with Crippen molar-refractivity contribution in [3.8, 4) is 11.3 Å². The molecule has 5 nitrogen and oxygen atoms in total. The van der Waals surface area contributed by atoms with Crippen LogP contribution in [0.4, 0.5) is 13.2 Å². The molecule has 0 amide bonds. The number of hydrogen-bond donors (Lipinski definition) is 2. The molecule has 0 radical (unpaired) electrons. The predicted octanol–water partition coefficient (Wildman–Crippen LogP) is 4.19. The van der Waals surface area contributed by atoms with Gasteiger partial charge in [-0.2, -0.15) is 0 Å². The molecule has 4 atom stereocenters. The summed E-state index contributed by atoms with van der Waals surface area (Å²) in [4.78, 5) is 21.1. The lowest BCUT2D eigenvalue weighted by molar-refractivity contribution is 0.0519. The highest BCUT2D eigenvalue weighted by molar-refractivity contribution is 5.96. The van der Waals surface area contributed by atoms with Crippen LogP contribution in [0.3, 0.4) is 0 Å². The number of halogens is 3. The van der Waals surface area contributed by atoms with E-state index >= 15 is 0 Å². The molecule has 0 saturated heterocycles. The van der Waals surface area contributed by atoms with Crippen LogP contribution in [0, 0.1) is 23.4 Å². The molecule has 8 heteroatoms. The van der Waals surface area contributed by atoms with Gasteiger partial charge in [0.1, 0.15) is 28.8 Å². The summed E-state index contributed by atoms with van der Waals surface area (Å²) in [5.41, 5.74) is 6.43. The average Bonchev–Trinajstić information content (AvgIpc) is 2.78. The van der Waals surface area contributed by atoms with Crippen molar-refractivity contribution >= 4 is 5.78 Å². The first kappa shape index (κ1) is 23.1. The van der Waals surface area contributed by atoms with E-state index in [2.05, 4.69) is 9.97 Å². The van der Waals surface area contributed by atoms with E-state index in [-0.39, 0.29) is 30.0 Å². The van der Waals surface area contributed by atoms with Gasteiger partial charge in [0.15, 0.2) is 5.78 Å². The zero-order valence-corrected chi connectivity index (χ0v) is 18.0. The van der Waals surface area contributed by atoms with Gasteiger partial charge in [0.2, 0.25) is 0 Å². The summed E-state index contributed by atoms with van der Waals surface area (Å²) in [5.74, 6) is -3.24. The number of ketones is 1. The molecule has 2 heterocycles. The molecule has 0 spiro atoms. The van der Waals surface area contributed by atoms with E-state index in [9.17, 15) is 23.1 Å². The smallest absolute Gasteiger partial charge is 0.185 e. The Morgan fingerprint density at radius 2 is 1.82 bits per heavy atom. The van der Waals surface area contributed by atoms with Gasteiger partial charge in [0, 0.05) is 24.9 Å². The SMILES string of the molecule is C[C@@H]1C[C@H](c2ccncc2CC(=O)c2ccc(F)c(-c3c(F)cccc3F)n2)C[C@@H](N)[C@H]1O. The quantitative estimate of drug-likeness (QED) is 0.564. The Bertz CT molecular complexity index is 1160. The molecule has 2 aromatic heterocycles. The molecule has 33 heavy (non-hydrogen) atoms. The Morgan fingerprint density at radius 3 is 2.52 bits per heavy atom. The second-order valence-electron chi connectivity index (χ2n) is 8.60. The van der Waals surface area contributed by atoms with Crippen molar-refractivity contribution in [2.24, 2.45) is 11.7 Å². The number of hydrogen-bond acceptors (Lipinski definition) is 5. The van der Waals surface area contributed by atoms with Crippen molar-refractivity contribution in [3.63, 3.8) is 0 Å². The Labute approximate surface area is 189 Å². The highest BCUT2D eigenvalue weighted by Crippen LogP contribution is 2.37. The lowest BCUT2D eigenvalue weighted by Gasteiger charge is -2.36. The van der Waals surface area contributed by atoms with Crippen molar-refractivity contribution in [1.29, 1.82) is 0 Å². The Kier molecular flexibility index (Phi) is 6.58. The summed E-state index contributed by atoms with van der Waals surface area (Å²) >= 11 is 0. The van der Waals surface area contributed by atoms with Crippen molar-refractivity contribution in [2.45, 2.75) is 44.2 Å². The molecular weight excluding hydrogens is 431 g/mol. The van der Waals surface area contributed by atoms with E-state index in [1.54, 1.807) is 12.4 Å². The minimum absolute atomic E-state index is 0.00690. The van der Waals surface area contributed by atoms with Crippen molar-refractivity contribution < 1.29 is 23.1 Å². The van der Waals surface area contributed by atoms with Gasteiger partial charge >= 0.3 is 0 Å². The molecule has 172 valence electrons. The van der Waals surface area contributed by atoms with Gasteiger partial charge in [-0.15, -0.1) is 0 Å².